The Balaban J connectivity index is 1.89. The maximum atomic E-state index is 13.5. The highest BCUT2D eigenvalue weighted by Crippen LogP contribution is 2.44. The molecule has 168 valence electrons. The van der Waals surface area contributed by atoms with Gasteiger partial charge in [-0.05, 0) is 49.4 Å². The van der Waals surface area contributed by atoms with Crippen LogP contribution < -0.4 is 10.6 Å². The Morgan fingerprint density at radius 1 is 1.10 bits per heavy atom. The van der Waals surface area contributed by atoms with E-state index in [1.807, 2.05) is 19.1 Å². The molecule has 0 saturated carbocycles. The van der Waals surface area contributed by atoms with Crippen molar-refractivity contribution in [3.8, 4) is 0 Å². The molecule has 1 fully saturated rings. The summed E-state index contributed by atoms with van der Waals surface area (Å²) in [6, 6.07) is 6.11. The standard InChI is InChI=1S/C23H30ClN3O4/c1-14-6-11-17-19(18(14)21(29)25-2)23(31)27(12-4-3-5-13-28)20(17)22(30)26-16-9-7-15(24)8-10-16/h6-11,14,17-20,28H,3-5,12-13H2,1-2H3,(H,25,29)(H,26,30)/t14-,17+,18-,19+,20+/m1/s1. The van der Waals surface area contributed by atoms with E-state index >= 15 is 0 Å². The van der Waals surface area contributed by atoms with Gasteiger partial charge in [0.1, 0.15) is 6.04 Å². The van der Waals surface area contributed by atoms with Crippen LogP contribution in [0.1, 0.15) is 26.2 Å². The Kier molecular flexibility index (Phi) is 7.73. The van der Waals surface area contributed by atoms with Crippen LogP contribution in [0, 0.1) is 23.7 Å². The number of rotatable bonds is 8. The van der Waals surface area contributed by atoms with Gasteiger partial charge in [-0.3, -0.25) is 14.4 Å². The molecule has 1 saturated heterocycles. The highest BCUT2D eigenvalue weighted by Gasteiger charge is 2.56. The Morgan fingerprint density at radius 3 is 2.45 bits per heavy atom. The number of benzene rings is 1. The first kappa shape index (κ1) is 23.3. The van der Waals surface area contributed by atoms with E-state index in [4.69, 9.17) is 16.7 Å². The van der Waals surface area contributed by atoms with Crippen molar-refractivity contribution in [1.82, 2.24) is 10.2 Å². The third-order valence-corrected chi connectivity index (χ3v) is 6.51. The van der Waals surface area contributed by atoms with Crippen molar-refractivity contribution >= 4 is 35.0 Å². The minimum Gasteiger partial charge on any atom is -0.396 e. The van der Waals surface area contributed by atoms with Crippen LogP contribution >= 0.6 is 11.6 Å². The third-order valence-electron chi connectivity index (χ3n) is 6.26. The molecule has 3 N–H and O–H groups in total. The molecule has 7 nitrogen and oxygen atoms in total. The fourth-order valence-electron chi connectivity index (χ4n) is 4.72. The van der Waals surface area contributed by atoms with E-state index in [0.29, 0.717) is 30.1 Å². The van der Waals surface area contributed by atoms with Gasteiger partial charge in [0, 0.05) is 36.8 Å². The monoisotopic (exact) mass is 447 g/mol. The van der Waals surface area contributed by atoms with Gasteiger partial charge in [-0.15, -0.1) is 0 Å². The average Bonchev–Trinajstić information content (AvgIpc) is 3.04. The summed E-state index contributed by atoms with van der Waals surface area (Å²) in [5.74, 6) is -2.18. The first-order chi connectivity index (χ1) is 14.9. The fraction of sp³-hybridized carbons (Fsp3) is 0.522. The van der Waals surface area contributed by atoms with Crippen molar-refractivity contribution < 1.29 is 19.5 Å². The molecular weight excluding hydrogens is 418 g/mol. The summed E-state index contributed by atoms with van der Waals surface area (Å²) in [5, 5.41) is 15.2. The predicted molar refractivity (Wildman–Crippen MR) is 119 cm³/mol. The molecule has 0 spiro atoms. The van der Waals surface area contributed by atoms with Gasteiger partial charge in [-0.2, -0.15) is 0 Å². The first-order valence-corrected chi connectivity index (χ1v) is 11.1. The molecule has 0 aromatic heterocycles. The van der Waals surface area contributed by atoms with E-state index in [-0.39, 0.29) is 36.2 Å². The summed E-state index contributed by atoms with van der Waals surface area (Å²) >= 11 is 5.93. The van der Waals surface area contributed by atoms with Crippen LogP contribution in [-0.4, -0.2) is 54.0 Å². The molecular formula is C23H30ClN3O4. The molecule has 31 heavy (non-hydrogen) atoms. The number of amides is 3. The number of nitrogens with one attached hydrogen (secondary N) is 2. The molecule has 2 aliphatic rings. The molecule has 3 amide bonds. The molecule has 8 heteroatoms. The third kappa shape index (κ3) is 4.93. The number of unbranched alkanes of at least 4 members (excludes halogenated alkanes) is 2. The topological polar surface area (TPSA) is 98.7 Å². The van der Waals surface area contributed by atoms with Crippen molar-refractivity contribution in [1.29, 1.82) is 0 Å². The van der Waals surface area contributed by atoms with Crippen LogP contribution in [0.3, 0.4) is 0 Å². The highest BCUT2D eigenvalue weighted by atomic mass is 35.5. The van der Waals surface area contributed by atoms with E-state index in [1.165, 1.54) is 0 Å². The number of nitrogens with zero attached hydrogens (tertiary/aromatic N) is 1. The van der Waals surface area contributed by atoms with Crippen molar-refractivity contribution in [3.63, 3.8) is 0 Å². The second kappa shape index (κ2) is 10.3. The van der Waals surface area contributed by atoms with E-state index in [1.54, 1.807) is 36.2 Å². The number of allylic oxidation sites excluding steroid dienone is 1. The Labute approximate surface area is 187 Å². The highest BCUT2D eigenvalue weighted by molar-refractivity contribution is 6.30. The van der Waals surface area contributed by atoms with Crippen molar-refractivity contribution in [3.05, 3.63) is 41.4 Å². The lowest BCUT2D eigenvalue weighted by molar-refractivity contribution is -0.140. The smallest absolute Gasteiger partial charge is 0.247 e. The molecule has 0 radical (unpaired) electrons. The maximum absolute atomic E-state index is 13.5. The molecule has 0 bridgehead atoms. The zero-order valence-corrected chi connectivity index (χ0v) is 18.6. The summed E-state index contributed by atoms with van der Waals surface area (Å²) in [5.41, 5.74) is 0.599. The quantitative estimate of drug-likeness (QED) is 0.421. The molecule has 1 heterocycles. The number of carbonyl (C=O) groups is 3. The number of fused-ring (bicyclic) bond motifs is 1. The molecule has 1 aromatic carbocycles. The fourth-order valence-corrected chi connectivity index (χ4v) is 4.85. The normalized spacial score (nSPS) is 27.2. The van der Waals surface area contributed by atoms with Gasteiger partial charge in [-0.25, -0.2) is 0 Å². The van der Waals surface area contributed by atoms with Crippen LogP contribution in [-0.2, 0) is 14.4 Å². The average molecular weight is 448 g/mol. The lowest BCUT2D eigenvalue weighted by Crippen LogP contribution is -2.45. The number of carbonyl (C=O) groups excluding carboxylic acids is 3. The zero-order chi connectivity index (χ0) is 22.5. The van der Waals surface area contributed by atoms with Crippen molar-refractivity contribution in [2.45, 2.75) is 32.2 Å². The van der Waals surface area contributed by atoms with Gasteiger partial charge in [0.25, 0.3) is 0 Å². The minimum absolute atomic E-state index is 0.0959. The number of aliphatic hydroxyl groups is 1. The van der Waals surface area contributed by atoms with Crippen LogP contribution in [0.25, 0.3) is 0 Å². The largest absolute Gasteiger partial charge is 0.396 e. The first-order valence-electron chi connectivity index (χ1n) is 10.8. The van der Waals surface area contributed by atoms with E-state index in [9.17, 15) is 14.4 Å². The summed E-state index contributed by atoms with van der Waals surface area (Å²) in [7, 11) is 1.57. The Bertz CT molecular complexity index is 842. The number of hydrogen-bond donors (Lipinski definition) is 3. The van der Waals surface area contributed by atoms with Crippen LogP contribution in [0.15, 0.2) is 36.4 Å². The van der Waals surface area contributed by atoms with E-state index < -0.39 is 17.9 Å². The van der Waals surface area contributed by atoms with Gasteiger partial charge in [0.15, 0.2) is 0 Å². The maximum Gasteiger partial charge on any atom is 0.247 e. The molecule has 1 aliphatic carbocycles. The SMILES string of the molecule is CNC(=O)[C@H]1[C@H]2C(=O)N(CCCCCO)[C@H](C(=O)Nc3ccc(Cl)cc3)[C@H]2C=C[C@H]1C. The minimum atomic E-state index is -0.696. The van der Waals surface area contributed by atoms with E-state index in [2.05, 4.69) is 10.6 Å². The molecule has 1 aliphatic heterocycles. The number of aliphatic hydroxyl groups excluding tert-OH is 1. The lowest BCUT2D eigenvalue weighted by atomic mass is 9.70. The second-order valence-electron chi connectivity index (χ2n) is 8.24. The molecule has 0 unspecified atom stereocenters. The number of likely N-dealkylation sites (tertiary alicyclic amines) is 1. The van der Waals surface area contributed by atoms with Gasteiger partial charge in [0.05, 0.1) is 11.8 Å². The van der Waals surface area contributed by atoms with Crippen LogP contribution in [0.4, 0.5) is 5.69 Å². The molecule has 5 atom stereocenters. The van der Waals surface area contributed by atoms with Gasteiger partial charge < -0.3 is 20.6 Å². The summed E-state index contributed by atoms with van der Waals surface area (Å²) < 4.78 is 0. The summed E-state index contributed by atoms with van der Waals surface area (Å²) in [6.07, 6.45) is 5.94. The van der Waals surface area contributed by atoms with Gasteiger partial charge in [-0.1, -0.05) is 30.7 Å². The second-order valence-corrected chi connectivity index (χ2v) is 8.68. The predicted octanol–water partition coefficient (Wildman–Crippen LogP) is 2.45. The Hall–Kier alpha value is -2.38. The molecule has 3 rings (SSSR count). The number of anilines is 1. The summed E-state index contributed by atoms with van der Waals surface area (Å²) in [4.78, 5) is 41.0. The number of halogens is 1. The van der Waals surface area contributed by atoms with Crippen molar-refractivity contribution in [2.24, 2.45) is 23.7 Å². The van der Waals surface area contributed by atoms with Crippen molar-refractivity contribution in [2.75, 3.05) is 25.5 Å². The Morgan fingerprint density at radius 2 is 1.81 bits per heavy atom. The molecule has 1 aromatic rings. The lowest BCUT2D eigenvalue weighted by Gasteiger charge is -2.32. The zero-order valence-electron chi connectivity index (χ0n) is 17.9. The number of hydrogen-bond acceptors (Lipinski definition) is 4. The van der Waals surface area contributed by atoms with Gasteiger partial charge in [0.2, 0.25) is 17.7 Å². The van der Waals surface area contributed by atoms with Gasteiger partial charge >= 0.3 is 0 Å². The van der Waals surface area contributed by atoms with Crippen LogP contribution in [0.5, 0.6) is 0 Å². The summed E-state index contributed by atoms with van der Waals surface area (Å²) in [6.45, 7) is 2.43. The van der Waals surface area contributed by atoms with Crippen LogP contribution in [0.2, 0.25) is 5.02 Å². The van der Waals surface area contributed by atoms with E-state index in [0.717, 1.165) is 6.42 Å².